The van der Waals surface area contributed by atoms with Gasteiger partial charge in [0.25, 0.3) is 0 Å². The van der Waals surface area contributed by atoms with Gasteiger partial charge in [-0.1, -0.05) is 6.92 Å². The maximum Gasteiger partial charge on any atom is 0.246 e. The number of rotatable bonds is 3. The fourth-order valence-electron chi connectivity index (χ4n) is 2.26. The summed E-state index contributed by atoms with van der Waals surface area (Å²) >= 11 is 2.99. The largest absolute Gasteiger partial charge is 0.343 e. The Bertz CT molecular complexity index is 595. The lowest BCUT2D eigenvalue weighted by molar-refractivity contribution is -0.149. The Morgan fingerprint density at radius 2 is 2.00 bits per heavy atom. The van der Waals surface area contributed by atoms with Crippen molar-refractivity contribution in [3.05, 3.63) is 33.8 Å². The van der Waals surface area contributed by atoms with Crippen LogP contribution in [0.3, 0.4) is 0 Å². The molecule has 1 N–H and O–H groups in total. The van der Waals surface area contributed by atoms with E-state index in [0.29, 0.717) is 6.42 Å². The second-order valence-corrected chi connectivity index (χ2v) is 5.79. The van der Waals surface area contributed by atoms with E-state index in [1.165, 1.54) is 17.9 Å². The van der Waals surface area contributed by atoms with Crippen LogP contribution in [0.1, 0.15) is 25.8 Å². The van der Waals surface area contributed by atoms with Crippen LogP contribution in [0.4, 0.5) is 8.78 Å². The van der Waals surface area contributed by atoms with E-state index < -0.39 is 23.7 Å². The zero-order valence-corrected chi connectivity index (χ0v) is 13.2. The number of amides is 2. The van der Waals surface area contributed by atoms with Crippen LogP contribution in [0.25, 0.3) is 0 Å². The topological polar surface area (TPSA) is 49.4 Å². The van der Waals surface area contributed by atoms with Crippen LogP contribution < -0.4 is 5.32 Å². The fourth-order valence-corrected chi connectivity index (χ4v) is 2.63. The van der Waals surface area contributed by atoms with E-state index in [4.69, 9.17) is 0 Å². The normalized spacial score (nSPS) is 22.4. The number of hydrogen-bond donors (Lipinski definition) is 1. The molecule has 1 aliphatic heterocycles. The minimum Gasteiger partial charge on any atom is -0.343 e. The van der Waals surface area contributed by atoms with Gasteiger partial charge in [-0.25, -0.2) is 8.78 Å². The molecule has 1 heterocycles. The molecule has 7 heteroatoms. The highest BCUT2D eigenvalue weighted by atomic mass is 79.9. The molecule has 2 rings (SSSR count). The number of carbonyl (C=O) groups excluding carboxylic acids is 2. The van der Waals surface area contributed by atoms with Crippen molar-refractivity contribution < 1.29 is 18.4 Å². The summed E-state index contributed by atoms with van der Waals surface area (Å²) in [5, 5.41) is 2.60. The zero-order valence-electron chi connectivity index (χ0n) is 11.6. The van der Waals surface area contributed by atoms with Gasteiger partial charge in [0.1, 0.15) is 23.7 Å². The first-order chi connectivity index (χ1) is 9.86. The second-order valence-electron chi connectivity index (χ2n) is 4.93. The van der Waals surface area contributed by atoms with Crippen molar-refractivity contribution in [2.24, 2.45) is 0 Å². The molecule has 2 atom stereocenters. The Hall–Kier alpha value is -1.50. The molecular formula is C14H15BrF2N2O2. The number of nitrogens with zero attached hydrogens (tertiary/aromatic N) is 1. The van der Waals surface area contributed by atoms with Crippen LogP contribution >= 0.6 is 15.9 Å². The van der Waals surface area contributed by atoms with Crippen molar-refractivity contribution >= 4 is 27.7 Å². The lowest BCUT2D eigenvalue weighted by Gasteiger charge is -2.37. The summed E-state index contributed by atoms with van der Waals surface area (Å²) in [6.07, 6.45) is 0.428. The van der Waals surface area contributed by atoms with Crippen LogP contribution in [0.5, 0.6) is 0 Å². The predicted octanol–water partition coefficient (Wildman–Crippen LogP) is 2.35. The van der Waals surface area contributed by atoms with Crippen molar-refractivity contribution in [2.45, 2.75) is 38.9 Å². The Morgan fingerprint density at radius 3 is 2.62 bits per heavy atom. The van der Waals surface area contributed by atoms with Gasteiger partial charge in [0.05, 0.1) is 11.0 Å². The maximum absolute atomic E-state index is 14.0. The Kier molecular flexibility index (Phi) is 4.61. The van der Waals surface area contributed by atoms with Crippen LogP contribution in [0.15, 0.2) is 16.6 Å². The molecular weight excluding hydrogens is 346 g/mol. The minimum absolute atomic E-state index is 0.118. The molecule has 1 fully saturated rings. The number of piperazine rings is 1. The van der Waals surface area contributed by atoms with E-state index in [0.717, 1.165) is 6.07 Å². The van der Waals surface area contributed by atoms with Crippen molar-refractivity contribution in [1.82, 2.24) is 10.2 Å². The standard InChI is InChI=1S/C14H15BrF2N2O2/c1-3-11-14(21)19(7(2)13(20)18-11)6-8-10(16)5-4-9(15)12(8)17/h4-5,7,11H,3,6H2,1-2H3,(H,18,20). The Morgan fingerprint density at radius 1 is 1.33 bits per heavy atom. The number of carbonyl (C=O) groups is 2. The molecule has 114 valence electrons. The fraction of sp³-hybridized carbons (Fsp3) is 0.429. The Labute approximate surface area is 129 Å². The van der Waals surface area contributed by atoms with E-state index in [2.05, 4.69) is 21.2 Å². The van der Waals surface area contributed by atoms with E-state index in [9.17, 15) is 18.4 Å². The molecule has 0 aromatic heterocycles. The van der Waals surface area contributed by atoms with Gasteiger partial charge in [-0.05, 0) is 41.4 Å². The first-order valence-corrected chi connectivity index (χ1v) is 7.39. The highest BCUT2D eigenvalue weighted by Crippen LogP contribution is 2.25. The minimum atomic E-state index is -0.766. The first-order valence-electron chi connectivity index (χ1n) is 6.60. The van der Waals surface area contributed by atoms with E-state index in [1.54, 1.807) is 6.92 Å². The summed E-state index contributed by atoms with van der Waals surface area (Å²) in [5.41, 5.74) is -0.228. The van der Waals surface area contributed by atoms with Gasteiger partial charge in [-0.3, -0.25) is 9.59 Å². The van der Waals surface area contributed by atoms with Crippen molar-refractivity contribution in [1.29, 1.82) is 0 Å². The monoisotopic (exact) mass is 360 g/mol. The lowest BCUT2D eigenvalue weighted by Crippen LogP contribution is -2.61. The summed E-state index contributed by atoms with van der Waals surface area (Å²) in [7, 11) is 0. The van der Waals surface area contributed by atoms with Crippen LogP contribution in [-0.2, 0) is 16.1 Å². The van der Waals surface area contributed by atoms with E-state index in [-0.39, 0.29) is 28.4 Å². The van der Waals surface area contributed by atoms with Crippen molar-refractivity contribution in [3.63, 3.8) is 0 Å². The summed E-state index contributed by atoms with van der Waals surface area (Å²) in [6, 6.07) is 0.973. The quantitative estimate of drug-likeness (QED) is 0.841. The van der Waals surface area contributed by atoms with Gasteiger partial charge in [0.2, 0.25) is 11.8 Å². The predicted molar refractivity (Wildman–Crippen MR) is 76.3 cm³/mol. The van der Waals surface area contributed by atoms with Gasteiger partial charge >= 0.3 is 0 Å². The molecule has 1 aromatic carbocycles. The molecule has 0 aliphatic carbocycles. The Balaban J connectivity index is 2.35. The van der Waals surface area contributed by atoms with Gasteiger partial charge in [0.15, 0.2) is 0 Å². The molecule has 0 radical (unpaired) electrons. The summed E-state index contributed by atoms with van der Waals surface area (Å²) < 4.78 is 28.0. The van der Waals surface area contributed by atoms with Gasteiger partial charge in [-0.15, -0.1) is 0 Å². The summed E-state index contributed by atoms with van der Waals surface area (Å²) in [6.45, 7) is 3.02. The molecule has 2 amide bonds. The molecule has 0 bridgehead atoms. The maximum atomic E-state index is 14.0. The molecule has 2 unspecified atom stereocenters. The van der Waals surface area contributed by atoms with Crippen molar-refractivity contribution in [3.8, 4) is 0 Å². The van der Waals surface area contributed by atoms with Crippen LogP contribution in [0, 0.1) is 11.6 Å². The summed E-state index contributed by atoms with van der Waals surface area (Å²) in [4.78, 5) is 25.3. The molecule has 4 nitrogen and oxygen atoms in total. The van der Waals surface area contributed by atoms with Gasteiger partial charge in [-0.2, -0.15) is 0 Å². The third-order valence-electron chi connectivity index (χ3n) is 3.62. The lowest BCUT2D eigenvalue weighted by atomic mass is 10.0. The first kappa shape index (κ1) is 15.9. The number of halogens is 3. The second kappa shape index (κ2) is 6.09. The van der Waals surface area contributed by atoms with Gasteiger partial charge in [0, 0.05) is 5.56 Å². The zero-order chi connectivity index (χ0) is 15.7. The summed E-state index contributed by atoms with van der Waals surface area (Å²) in [5.74, 6) is -2.15. The van der Waals surface area contributed by atoms with Crippen molar-refractivity contribution in [2.75, 3.05) is 0 Å². The highest BCUT2D eigenvalue weighted by Gasteiger charge is 2.37. The molecule has 1 aromatic rings. The molecule has 1 aliphatic rings. The number of hydrogen-bond acceptors (Lipinski definition) is 2. The third-order valence-corrected chi connectivity index (χ3v) is 4.23. The van der Waals surface area contributed by atoms with Crippen LogP contribution in [-0.4, -0.2) is 28.8 Å². The smallest absolute Gasteiger partial charge is 0.246 e. The average molecular weight is 361 g/mol. The molecule has 21 heavy (non-hydrogen) atoms. The van der Waals surface area contributed by atoms with Gasteiger partial charge < -0.3 is 10.2 Å². The number of nitrogens with one attached hydrogen (secondary N) is 1. The third kappa shape index (κ3) is 2.92. The molecule has 0 spiro atoms. The van der Waals surface area contributed by atoms with E-state index >= 15 is 0 Å². The highest BCUT2D eigenvalue weighted by molar-refractivity contribution is 9.10. The molecule has 0 saturated carbocycles. The average Bonchev–Trinajstić information content (AvgIpc) is 2.46. The number of benzene rings is 1. The van der Waals surface area contributed by atoms with E-state index in [1.807, 2.05) is 0 Å². The molecule has 1 saturated heterocycles. The van der Waals surface area contributed by atoms with Crippen LogP contribution in [0.2, 0.25) is 0 Å². The SMILES string of the molecule is CCC1NC(=O)C(C)N(Cc2c(F)ccc(Br)c2F)C1=O.